The lowest BCUT2D eigenvalue weighted by atomic mass is 10.1. The van der Waals surface area contributed by atoms with Crippen LogP contribution >= 0.6 is 11.6 Å². The Kier molecular flexibility index (Phi) is 2.28. The van der Waals surface area contributed by atoms with Crippen molar-refractivity contribution in [2.24, 2.45) is 0 Å². The second-order valence-electron chi connectivity index (χ2n) is 2.68. The van der Waals surface area contributed by atoms with Crippen molar-refractivity contribution >= 4 is 11.6 Å². The molecule has 1 nitrogen and oxygen atoms in total. The van der Waals surface area contributed by atoms with Crippen LogP contribution in [0.5, 0.6) is 0 Å². The minimum atomic E-state index is 0.749. The van der Waals surface area contributed by atoms with Crippen LogP contribution < -0.4 is 0 Å². The normalized spacial score (nSPS) is 9.92. The first kappa shape index (κ1) is 8.27. The van der Waals surface area contributed by atoms with Gasteiger partial charge in [0.1, 0.15) is 0 Å². The number of nitrogens with zero attached hydrogens (tertiary/aromatic N) is 1. The Morgan fingerprint density at radius 1 is 1.00 bits per heavy atom. The van der Waals surface area contributed by atoms with Crippen molar-refractivity contribution < 1.29 is 0 Å². The molecule has 0 aliphatic heterocycles. The lowest BCUT2D eigenvalue weighted by Crippen LogP contribution is -1.78. The fourth-order valence-electron chi connectivity index (χ4n) is 1.13. The fraction of sp³-hybridized carbons (Fsp3) is 0. The van der Waals surface area contributed by atoms with E-state index in [-0.39, 0.29) is 0 Å². The van der Waals surface area contributed by atoms with Gasteiger partial charge in [0.25, 0.3) is 0 Å². The van der Waals surface area contributed by atoms with Crippen molar-refractivity contribution in [3.05, 3.63) is 53.8 Å². The van der Waals surface area contributed by atoms with Crippen LogP contribution in [0.2, 0.25) is 5.02 Å². The smallest absolute Gasteiger partial charge is 0.0886 e. The van der Waals surface area contributed by atoms with Gasteiger partial charge >= 0.3 is 0 Å². The lowest BCUT2D eigenvalue weighted by molar-refractivity contribution is 1.31. The first-order valence-electron chi connectivity index (χ1n) is 3.94. The Hall–Kier alpha value is -1.34. The second kappa shape index (κ2) is 3.58. The van der Waals surface area contributed by atoms with Gasteiger partial charge in [-0.25, -0.2) is 0 Å². The maximum absolute atomic E-state index is 5.78. The zero-order chi connectivity index (χ0) is 9.10. The minimum absolute atomic E-state index is 0.749. The van der Waals surface area contributed by atoms with Crippen LogP contribution in [0.15, 0.2) is 42.6 Å². The van der Waals surface area contributed by atoms with Gasteiger partial charge in [-0.2, -0.15) is 0 Å². The average Bonchev–Trinajstić information content (AvgIpc) is 2.20. The summed E-state index contributed by atoms with van der Waals surface area (Å²) in [7, 11) is 0. The quantitative estimate of drug-likeness (QED) is 0.670. The van der Waals surface area contributed by atoms with Gasteiger partial charge in [-0.15, -0.1) is 0 Å². The predicted octanol–water partition coefficient (Wildman–Crippen LogP) is 3.20. The fourth-order valence-corrected chi connectivity index (χ4v) is 1.26. The molecule has 0 unspecified atom stereocenters. The van der Waals surface area contributed by atoms with Crippen molar-refractivity contribution in [1.82, 2.24) is 4.98 Å². The van der Waals surface area contributed by atoms with Gasteiger partial charge in [-0.05, 0) is 23.8 Å². The number of pyridine rings is 1. The molecule has 1 aromatic carbocycles. The Bertz CT molecular complexity index is 381. The van der Waals surface area contributed by atoms with Crippen LogP contribution in [0.25, 0.3) is 11.1 Å². The molecule has 1 aromatic heterocycles. The molecule has 63 valence electrons. The molecule has 2 rings (SSSR count). The Labute approximate surface area is 82.0 Å². The van der Waals surface area contributed by atoms with E-state index in [0.29, 0.717) is 0 Å². The van der Waals surface area contributed by atoms with Crippen LogP contribution in [0, 0.1) is 6.20 Å². The molecule has 0 amide bonds. The number of hydrogen-bond donors (Lipinski definition) is 0. The number of halogens is 1. The Morgan fingerprint density at radius 3 is 2.38 bits per heavy atom. The summed E-state index contributed by atoms with van der Waals surface area (Å²) < 4.78 is 0. The average molecular weight is 189 g/mol. The third-order valence-electron chi connectivity index (χ3n) is 1.79. The molecule has 13 heavy (non-hydrogen) atoms. The summed E-state index contributed by atoms with van der Waals surface area (Å²) in [6.07, 6.45) is 4.52. The Balaban J connectivity index is 2.42. The van der Waals surface area contributed by atoms with Crippen LogP contribution in [0.4, 0.5) is 0 Å². The maximum atomic E-state index is 5.78. The van der Waals surface area contributed by atoms with Gasteiger partial charge in [-0.3, -0.25) is 4.98 Å². The number of benzene rings is 1. The molecule has 0 atom stereocenters. The molecule has 2 heteroatoms. The van der Waals surface area contributed by atoms with Gasteiger partial charge in [0, 0.05) is 16.8 Å². The summed E-state index contributed by atoms with van der Waals surface area (Å²) in [6.45, 7) is 0. The zero-order valence-corrected chi connectivity index (χ0v) is 7.62. The zero-order valence-electron chi connectivity index (χ0n) is 6.87. The highest BCUT2D eigenvalue weighted by atomic mass is 35.5. The molecule has 1 radical (unpaired) electrons. The van der Waals surface area contributed by atoms with E-state index in [9.17, 15) is 0 Å². The third-order valence-corrected chi connectivity index (χ3v) is 2.05. The van der Waals surface area contributed by atoms with E-state index in [1.54, 1.807) is 12.3 Å². The van der Waals surface area contributed by atoms with Gasteiger partial charge in [0.15, 0.2) is 0 Å². The standard InChI is InChI=1S/C11H7ClN/c12-11-5-3-9(4-6-11)10-2-1-7-13-8-10/h1-6,8H. The minimum Gasteiger partial charge on any atom is -0.254 e. The first-order valence-corrected chi connectivity index (χ1v) is 4.32. The van der Waals surface area contributed by atoms with E-state index in [1.807, 2.05) is 30.3 Å². The first-order chi connectivity index (χ1) is 6.36. The number of rotatable bonds is 1. The van der Waals surface area contributed by atoms with Crippen molar-refractivity contribution in [3.8, 4) is 11.1 Å². The number of aromatic nitrogens is 1. The molecule has 0 saturated heterocycles. The van der Waals surface area contributed by atoms with Gasteiger partial charge < -0.3 is 0 Å². The highest BCUT2D eigenvalue weighted by Gasteiger charge is 1.95. The van der Waals surface area contributed by atoms with E-state index >= 15 is 0 Å². The molecule has 0 bridgehead atoms. The summed E-state index contributed by atoms with van der Waals surface area (Å²) in [5, 5.41) is 0.749. The molecule has 0 aliphatic rings. The van der Waals surface area contributed by atoms with Crippen molar-refractivity contribution in [2.45, 2.75) is 0 Å². The highest BCUT2D eigenvalue weighted by Crippen LogP contribution is 2.19. The number of hydrogen-bond acceptors (Lipinski definition) is 1. The predicted molar refractivity (Wildman–Crippen MR) is 53.5 cm³/mol. The molecule has 2 aromatic rings. The lowest BCUT2D eigenvalue weighted by Gasteiger charge is -1.99. The SMILES string of the molecule is Clc1ccc(-c2cc[c]nc2)cc1. The molecule has 1 heterocycles. The molecular formula is C11H7ClN. The molecule has 0 aliphatic carbocycles. The molecule has 0 spiro atoms. The van der Waals surface area contributed by atoms with E-state index < -0.39 is 0 Å². The van der Waals surface area contributed by atoms with E-state index in [0.717, 1.165) is 16.1 Å². The summed E-state index contributed by atoms with van der Waals surface area (Å²) in [5.74, 6) is 0. The van der Waals surface area contributed by atoms with Crippen LogP contribution in [-0.4, -0.2) is 4.98 Å². The summed E-state index contributed by atoms with van der Waals surface area (Å²) >= 11 is 5.78. The van der Waals surface area contributed by atoms with Gasteiger partial charge in [-0.1, -0.05) is 29.8 Å². The summed E-state index contributed by atoms with van der Waals surface area (Å²) in [6, 6.07) is 11.4. The molecule has 0 saturated carbocycles. The van der Waals surface area contributed by atoms with Crippen molar-refractivity contribution in [3.63, 3.8) is 0 Å². The van der Waals surface area contributed by atoms with Crippen LogP contribution in [-0.2, 0) is 0 Å². The van der Waals surface area contributed by atoms with Crippen molar-refractivity contribution in [1.29, 1.82) is 0 Å². The Morgan fingerprint density at radius 2 is 1.77 bits per heavy atom. The van der Waals surface area contributed by atoms with E-state index in [1.165, 1.54) is 0 Å². The van der Waals surface area contributed by atoms with Gasteiger partial charge in [0.2, 0.25) is 0 Å². The van der Waals surface area contributed by atoms with Crippen molar-refractivity contribution in [2.75, 3.05) is 0 Å². The van der Waals surface area contributed by atoms with Gasteiger partial charge in [0.05, 0.1) is 6.20 Å². The highest BCUT2D eigenvalue weighted by molar-refractivity contribution is 6.30. The molecular weight excluding hydrogens is 182 g/mol. The largest absolute Gasteiger partial charge is 0.254 e. The summed E-state index contributed by atoms with van der Waals surface area (Å²) in [5.41, 5.74) is 2.20. The molecule has 0 fully saturated rings. The monoisotopic (exact) mass is 188 g/mol. The second-order valence-corrected chi connectivity index (χ2v) is 3.12. The van der Waals surface area contributed by atoms with E-state index in [4.69, 9.17) is 11.6 Å². The van der Waals surface area contributed by atoms with E-state index in [2.05, 4.69) is 11.2 Å². The molecule has 0 N–H and O–H groups in total. The van der Waals surface area contributed by atoms with Crippen LogP contribution in [0.1, 0.15) is 0 Å². The summed E-state index contributed by atoms with van der Waals surface area (Å²) in [4.78, 5) is 3.93. The third kappa shape index (κ3) is 1.87. The maximum Gasteiger partial charge on any atom is 0.0886 e. The van der Waals surface area contributed by atoms with Crippen LogP contribution in [0.3, 0.4) is 0 Å². The topological polar surface area (TPSA) is 12.9 Å².